The van der Waals surface area contributed by atoms with Crippen LogP contribution >= 0.6 is 22.6 Å². The van der Waals surface area contributed by atoms with Crippen LogP contribution in [0.1, 0.15) is 41.6 Å². The van der Waals surface area contributed by atoms with Gasteiger partial charge >= 0.3 is 0 Å². The molecular formula is C27H34IN7O4. The second-order valence-electron chi connectivity index (χ2n) is 9.32. The summed E-state index contributed by atoms with van der Waals surface area (Å²) in [5, 5.41) is 5.11. The predicted octanol–water partition coefficient (Wildman–Crippen LogP) is 0.647. The number of carbonyl (C=O) groups excluding carboxylic acids is 4. The number of benzene rings is 2. The first kappa shape index (κ1) is 30.0. The summed E-state index contributed by atoms with van der Waals surface area (Å²) in [6.45, 7) is 0.640. The number of rotatable bonds is 11. The minimum Gasteiger partial charge on any atom is -0.370 e. The van der Waals surface area contributed by atoms with Gasteiger partial charge in [-0.1, -0.05) is 36.4 Å². The Hall–Kier alpha value is -3.52. The van der Waals surface area contributed by atoms with Crippen LogP contribution in [-0.4, -0.2) is 65.7 Å². The highest BCUT2D eigenvalue weighted by atomic mass is 127. The van der Waals surface area contributed by atoms with Crippen molar-refractivity contribution >= 4 is 52.2 Å². The molecule has 0 radical (unpaired) electrons. The minimum absolute atomic E-state index is 0.0825. The van der Waals surface area contributed by atoms with Gasteiger partial charge in [-0.05, 0) is 78.5 Å². The maximum Gasteiger partial charge on any atom is 0.257 e. The molecule has 0 unspecified atom stereocenters. The van der Waals surface area contributed by atoms with Crippen LogP contribution in [0, 0.1) is 3.57 Å². The fraction of sp³-hybridized carbons (Fsp3) is 0.370. The Kier molecular flexibility index (Phi) is 11.2. The van der Waals surface area contributed by atoms with E-state index in [0.717, 1.165) is 9.13 Å². The molecule has 3 atom stereocenters. The van der Waals surface area contributed by atoms with Crippen molar-refractivity contribution in [2.24, 2.45) is 22.2 Å². The Balaban J connectivity index is 1.68. The van der Waals surface area contributed by atoms with E-state index in [4.69, 9.17) is 17.2 Å². The lowest BCUT2D eigenvalue weighted by Gasteiger charge is -2.28. The van der Waals surface area contributed by atoms with Crippen LogP contribution in [0.3, 0.4) is 0 Å². The summed E-state index contributed by atoms with van der Waals surface area (Å²) in [5.74, 6) is -2.11. The van der Waals surface area contributed by atoms with Crippen LogP contribution in [0.2, 0.25) is 0 Å². The Labute approximate surface area is 241 Å². The van der Waals surface area contributed by atoms with Crippen LogP contribution in [-0.2, 0) is 20.8 Å². The van der Waals surface area contributed by atoms with Gasteiger partial charge in [-0.15, -0.1) is 0 Å². The molecule has 0 spiro atoms. The van der Waals surface area contributed by atoms with Gasteiger partial charge in [-0.2, -0.15) is 0 Å². The molecular weight excluding hydrogens is 613 g/mol. The molecule has 3 rings (SSSR count). The predicted molar refractivity (Wildman–Crippen MR) is 156 cm³/mol. The number of aliphatic imine (C=N–C) groups is 1. The summed E-state index contributed by atoms with van der Waals surface area (Å²) in [5.41, 5.74) is 18.2. The number of carbonyl (C=O) groups is 4. The number of hydrogen-bond donors (Lipinski definition) is 5. The molecule has 1 aliphatic heterocycles. The molecule has 1 heterocycles. The van der Waals surface area contributed by atoms with Crippen LogP contribution < -0.4 is 27.8 Å². The van der Waals surface area contributed by atoms with Crippen LogP contribution in [0.5, 0.6) is 0 Å². The van der Waals surface area contributed by atoms with E-state index in [0.29, 0.717) is 37.8 Å². The molecule has 39 heavy (non-hydrogen) atoms. The maximum atomic E-state index is 13.3. The highest BCUT2D eigenvalue weighted by molar-refractivity contribution is 14.1. The molecule has 0 saturated carbocycles. The molecule has 0 aromatic heterocycles. The number of guanidine groups is 1. The molecule has 2 aromatic rings. The van der Waals surface area contributed by atoms with Crippen molar-refractivity contribution in [1.29, 1.82) is 0 Å². The third-order valence-corrected chi connectivity index (χ3v) is 7.03. The summed E-state index contributed by atoms with van der Waals surface area (Å²) >= 11 is 2.07. The quantitative estimate of drug-likeness (QED) is 0.103. The number of amides is 4. The van der Waals surface area contributed by atoms with E-state index in [2.05, 4.69) is 38.2 Å². The van der Waals surface area contributed by atoms with Gasteiger partial charge in [0.1, 0.15) is 12.1 Å². The van der Waals surface area contributed by atoms with E-state index < -0.39 is 35.8 Å². The van der Waals surface area contributed by atoms with Gasteiger partial charge in [-0.25, -0.2) is 0 Å². The van der Waals surface area contributed by atoms with Crippen molar-refractivity contribution < 1.29 is 19.2 Å². The molecule has 11 nitrogen and oxygen atoms in total. The van der Waals surface area contributed by atoms with Crippen molar-refractivity contribution in [2.75, 3.05) is 13.1 Å². The first-order valence-electron chi connectivity index (χ1n) is 12.7. The lowest BCUT2D eigenvalue weighted by molar-refractivity contribution is -0.140. The van der Waals surface area contributed by atoms with E-state index in [1.807, 2.05) is 36.4 Å². The smallest absolute Gasteiger partial charge is 0.257 e. The Morgan fingerprint density at radius 2 is 1.82 bits per heavy atom. The number of hydrogen-bond acceptors (Lipinski definition) is 6. The molecule has 1 aliphatic rings. The van der Waals surface area contributed by atoms with Gasteiger partial charge in [0.15, 0.2) is 5.96 Å². The van der Waals surface area contributed by atoms with E-state index in [9.17, 15) is 19.2 Å². The number of nitrogens with two attached hydrogens (primary N) is 3. The zero-order valence-electron chi connectivity index (χ0n) is 21.5. The van der Waals surface area contributed by atoms with Gasteiger partial charge < -0.3 is 27.4 Å². The Morgan fingerprint density at radius 1 is 1.08 bits per heavy atom. The van der Waals surface area contributed by atoms with Crippen molar-refractivity contribution in [2.45, 2.75) is 50.2 Å². The van der Waals surface area contributed by atoms with E-state index in [-0.39, 0.29) is 24.8 Å². The molecule has 8 N–H and O–H groups in total. The van der Waals surface area contributed by atoms with E-state index in [1.165, 1.54) is 4.90 Å². The highest BCUT2D eigenvalue weighted by Crippen LogP contribution is 2.20. The molecule has 208 valence electrons. The largest absolute Gasteiger partial charge is 0.370 e. The fourth-order valence-corrected chi connectivity index (χ4v) is 4.96. The topological polar surface area (TPSA) is 186 Å². The number of nitrogens with zero attached hydrogens (tertiary/aromatic N) is 2. The van der Waals surface area contributed by atoms with Crippen molar-refractivity contribution in [3.05, 3.63) is 69.3 Å². The number of nitrogens with one attached hydrogen (secondary N) is 2. The van der Waals surface area contributed by atoms with Crippen LogP contribution in [0.4, 0.5) is 0 Å². The maximum absolute atomic E-state index is 13.3. The average molecular weight is 648 g/mol. The van der Waals surface area contributed by atoms with Gasteiger partial charge in [0.25, 0.3) is 5.91 Å². The number of halogens is 1. The lowest BCUT2D eigenvalue weighted by atomic mass is 10.0. The van der Waals surface area contributed by atoms with E-state index in [1.54, 1.807) is 18.2 Å². The lowest BCUT2D eigenvalue weighted by Crippen LogP contribution is -2.56. The van der Waals surface area contributed by atoms with E-state index >= 15 is 0 Å². The van der Waals surface area contributed by atoms with Gasteiger partial charge in [0, 0.05) is 22.2 Å². The fourth-order valence-electron chi connectivity index (χ4n) is 4.41. The molecule has 4 amide bonds. The normalized spacial score (nSPS) is 16.2. The first-order valence-corrected chi connectivity index (χ1v) is 13.8. The first-order chi connectivity index (χ1) is 18.7. The molecule has 12 heteroatoms. The average Bonchev–Trinajstić information content (AvgIpc) is 3.40. The molecule has 1 fully saturated rings. The summed E-state index contributed by atoms with van der Waals surface area (Å²) in [6.07, 6.45) is 1.99. The van der Waals surface area contributed by atoms with Crippen molar-refractivity contribution in [3.63, 3.8) is 0 Å². The molecule has 0 aliphatic carbocycles. The molecule has 2 aromatic carbocycles. The minimum atomic E-state index is -1.03. The Morgan fingerprint density at radius 3 is 2.51 bits per heavy atom. The molecule has 0 bridgehead atoms. The standard InChI is InChI=1S/C27H34IN7O4/c28-19-10-4-9-18(16-19)23(36)34-24(37)21(11-5-13-32-27(30)31)33-25(38)22-12-6-14-35(22)26(39)20(29)15-17-7-2-1-3-8-17/h1-4,7-10,16,20-22H,5-6,11-15,29H2,(H,33,38)(H4,30,31,32)(H,34,36,37)/t20-,21-,22-/m0/s1. The Bertz CT molecular complexity index is 1200. The summed E-state index contributed by atoms with van der Waals surface area (Å²) in [4.78, 5) is 57.6. The summed E-state index contributed by atoms with van der Waals surface area (Å²) in [6, 6.07) is 13.6. The second-order valence-corrected chi connectivity index (χ2v) is 10.6. The third-order valence-electron chi connectivity index (χ3n) is 6.36. The third kappa shape index (κ3) is 9.03. The number of imide groups is 1. The van der Waals surface area contributed by atoms with Gasteiger partial charge in [-0.3, -0.25) is 29.5 Å². The summed E-state index contributed by atoms with van der Waals surface area (Å²) < 4.78 is 0.839. The van der Waals surface area contributed by atoms with Crippen LogP contribution in [0.15, 0.2) is 59.6 Å². The summed E-state index contributed by atoms with van der Waals surface area (Å²) in [7, 11) is 0. The number of likely N-dealkylation sites (tertiary alicyclic amines) is 1. The van der Waals surface area contributed by atoms with Crippen molar-refractivity contribution in [3.8, 4) is 0 Å². The van der Waals surface area contributed by atoms with Crippen molar-refractivity contribution in [1.82, 2.24) is 15.5 Å². The molecule has 1 saturated heterocycles. The SMILES string of the molecule is NC(N)=NCCC[C@H](NC(=O)[C@@H]1CCCN1C(=O)[C@@H](N)Cc1ccccc1)C(=O)NC(=O)c1cccc(I)c1. The van der Waals surface area contributed by atoms with Gasteiger partial charge in [0.2, 0.25) is 17.7 Å². The van der Waals surface area contributed by atoms with Gasteiger partial charge in [0.05, 0.1) is 6.04 Å². The zero-order chi connectivity index (χ0) is 28.4. The second kappa shape index (κ2) is 14.6. The monoisotopic (exact) mass is 647 g/mol. The highest BCUT2D eigenvalue weighted by Gasteiger charge is 2.37. The zero-order valence-corrected chi connectivity index (χ0v) is 23.7. The van der Waals surface area contributed by atoms with Crippen LogP contribution in [0.25, 0.3) is 0 Å².